The van der Waals surface area contributed by atoms with Gasteiger partial charge in [0, 0.05) is 25.0 Å². The van der Waals surface area contributed by atoms with Gasteiger partial charge in [-0.3, -0.25) is 15.1 Å². The van der Waals surface area contributed by atoms with Crippen molar-refractivity contribution < 1.29 is 9.59 Å². The number of rotatable bonds is 4. The van der Waals surface area contributed by atoms with Crippen molar-refractivity contribution in [2.75, 3.05) is 0 Å². The zero-order valence-electron chi connectivity index (χ0n) is 11.5. The predicted octanol–water partition coefficient (Wildman–Crippen LogP) is 0.553. The molecule has 0 radical (unpaired) electrons. The predicted molar refractivity (Wildman–Crippen MR) is 77.3 cm³/mol. The zero-order chi connectivity index (χ0) is 15.4. The second-order valence-electron chi connectivity index (χ2n) is 4.21. The van der Waals surface area contributed by atoms with Crippen molar-refractivity contribution in [3.8, 4) is 11.4 Å². The lowest BCUT2D eigenvalue weighted by atomic mass is 10.2. The summed E-state index contributed by atoms with van der Waals surface area (Å²) >= 11 is 1.19. The molecule has 0 bridgehead atoms. The Morgan fingerprint density at radius 1 is 1.33 bits per heavy atom. The number of carbonyl (C=O) groups excluding carboxylic acids is 2. The Morgan fingerprint density at radius 3 is 2.62 bits per heavy atom. The molecule has 0 saturated heterocycles. The molecule has 21 heavy (non-hydrogen) atoms. The van der Waals surface area contributed by atoms with Gasteiger partial charge in [0.1, 0.15) is 0 Å². The van der Waals surface area contributed by atoms with Gasteiger partial charge in [-0.25, -0.2) is 4.79 Å². The standard InChI is InChI=1S/C12H14N6O2S/c1-7(10(19)15-11(13)20)21-12-17-16-9(18(12)2)8-3-5-14-6-4-8/h3-7H,1-2H3,(H3,13,15,19,20). The van der Waals surface area contributed by atoms with Gasteiger partial charge in [0.2, 0.25) is 5.91 Å². The number of carbonyl (C=O) groups is 2. The number of nitrogens with two attached hydrogens (primary N) is 1. The number of thioether (sulfide) groups is 1. The topological polar surface area (TPSA) is 116 Å². The van der Waals surface area contributed by atoms with Crippen molar-refractivity contribution in [1.82, 2.24) is 25.1 Å². The molecular weight excluding hydrogens is 292 g/mol. The molecule has 0 aliphatic rings. The Labute approximate surface area is 125 Å². The summed E-state index contributed by atoms with van der Waals surface area (Å²) in [6.07, 6.45) is 3.33. The van der Waals surface area contributed by atoms with E-state index in [4.69, 9.17) is 5.73 Å². The van der Waals surface area contributed by atoms with Crippen LogP contribution in [0.1, 0.15) is 6.92 Å². The van der Waals surface area contributed by atoms with Crippen molar-refractivity contribution in [1.29, 1.82) is 0 Å². The van der Waals surface area contributed by atoms with E-state index in [9.17, 15) is 9.59 Å². The van der Waals surface area contributed by atoms with E-state index in [1.165, 1.54) is 11.8 Å². The van der Waals surface area contributed by atoms with Gasteiger partial charge < -0.3 is 10.3 Å². The molecular formula is C12H14N6O2S. The van der Waals surface area contributed by atoms with E-state index < -0.39 is 17.2 Å². The van der Waals surface area contributed by atoms with E-state index in [0.717, 1.165) is 5.56 Å². The fourth-order valence-corrected chi connectivity index (χ4v) is 2.42. The van der Waals surface area contributed by atoms with Crippen LogP contribution < -0.4 is 11.1 Å². The molecule has 0 saturated carbocycles. The molecule has 110 valence electrons. The molecule has 1 atom stereocenters. The van der Waals surface area contributed by atoms with Crippen LogP contribution in [0.5, 0.6) is 0 Å². The van der Waals surface area contributed by atoms with Gasteiger partial charge in [0.25, 0.3) is 0 Å². The molecule has 3 N–H and O–H groups in total. The summed E-state index contributed by atoms with van der Waals surface area (Å²) in [6, 6.07) is 2.77. The minimum absolute atomic E-state index is 0.471. The zero-order valence-corrected chi connectivity index (χ0v) is 12.3. The first kappa shape index (κ1) is 15.0. The summed E-state index contributed by atoms with van der Waals surface area (Å²) in [5.41, 5.74) is 5.79. The molecule has 2 rings (SSSR count). The lowest BCUT2D eigenvalue weighted by molar-refractivity contribution is -0.119. The van der Waals surface area contributed by atoms with Crippen LogP contribution in [0, 0.1) is 0 Å². The third kappa shape index (κ3) is 3.57. The number of hydrogen-bond acceptors (Lipinski definition) is 6. The van der Waals surface area contributed by atoms with Gasteiger partial charge in [-0.1, -0.05) is 11.8 Å². The van der Waals surface area contributed by atoms with Crippen molar-refractivity contribution >= 4 is 23.7 Å². The molecule has 2 heterocycles. The smallest absolute Gasteiger partial charge is 0.318 e. The van der Waals surface area contributed by atoms with Gasteiger partial charge in [-0.05, 0) is 19.1 Å². The first-order valence-electron chi connectivity index (χ1n) is 6.05. The number of primary amides is 1. The maximum Gasteiger partial charge on any atom is 0.318 e. The van der Waals surface area contributed by atoms with E-state index >= 15 is 0 Å². The highest BCUT2D eigenvalue weighted by atomic mass is 32.2. The Balaban J connectivity index is 2.14. The summed E-state index contributed by atoms with van der Waals surface area (Å²) in [6.45, 7) is 1.66. The van der Waals surface area contributed by atoms with Crippen LogP contribution in [-0.4, -0.2) is 36.9 Å². The summed E-state index contributed by atoms with van der Waals surface area (Å²) in [7, 11) is 1.80. The third-order valence-electron chi connectivity index (χ3n) is 2.67. The summed E-state index contributed by atoms with van der Waals surface area (Å²) in [5.74, 6) is 0.198. The highest BCUT2D eigenvalue weighted by molar-refractivity contribution is 8.00. The van der Waals surface area contributed by atoms with E-state index in [0.29, 0.717) is 11.0 Å². The lowest BCUT2D eigenvalue weighted by Crippen LogP contribution is -2.39. The maximum absolute atomic E-state index is 11.6. The van der Waals surface area contributed by atoms with Crippen LogP contribution in [0.2, 0.25) is 0 Å². The number of nitrogens with one attached hydrogen (secondary N) is 1. The minimum Gasteiger partial charge on any atom is -0.351 e. The second-order valence-corrected chi connectivity index (χ2v) is 5.52. The molecule has 9 heteroatoms. The monoisotopic (exact) mass is 306 g/mol. The third-order valence-corrected chi connectivity index (χ3v) is 3.81. The average Bonchev–Trinajstić information content (AvgIpc) is 2.80. The molecule has 0 aliphatic carbocycles. The minimum atomic E-state index is -0.872. The van der Waals surface area contributed by atoms with Gasteiger partial charge >= 0.3 is 6.03 Å². The molecule has 0 aromatic carbocycles. The quantitative estimate of drug-likeness (QED) is 0.797. The van der Waals surface area contributed by atoms with Crippen LogP contribution >= 0.6 is 11.8 Å². The fraction of sp³-hybridized carbons (Fsp3) is 0.250. The number of pyridine rings is 1. The Kier molecular flexibility index (Phi) is 4.53. The number of urea groups is 1. The molecule has 8 nitrogen and oxygen atoms in total. The van der Waals surface area contributed by atoms with Crippen LogP contribution in [0.15, 0.2) is 29.7 Å². The molecule has 2 aromatic rings. The molecule has 0 aliphatic heterocycles. The number of amides is 3. The van der Waals surface area contributed by atoms with Crippen LogP contribution in [0.3, 0.4) is 0 Å². The first-order valence-corrected chi connectivity index (χ1v) is 6.93. The molecule has 0 spiro atoms. The van der Waals surface area contributed by atoms with Crippen molar-refractivity contribution in [3.05, 3.63) is 24.5 Å². The number of imide groups is 1. The highest BCUT2D eigenvalue weighted by Gasteiger charge is 2.20. The van der Waals surface area contributed by atoms with E-state index in [1.807, 2.05) is 17.4 Å². The van der Waals surface area contributed by atoms with Crippen molar-refractivity contribution in [2.45, 2.75) is 17.3 Å². The lowest BCUT2D eigenvalue weighted by Gasteiger charge is -2.09. The van der Waals surface area contributed by atoms with E-state index in [-0.39, 0.29) is 0 Å². The van der Waals surface area contributed by atoms with Crippen molar-refractivity contribution in [3.63, 3.8) is 0 Å². The molecule has 3 amide bonds. The fourth-order valence-electron chi connectivity index (χ4n) is 1.60. The normalized spacial score (nSPS) is 11.9. The van der Waals surface area contributed by atoms with Crippen LogP contribution in [-0.2, 0) is 11.8 Å². The van der Waals surface area contributed by atoms with Gasteiger partial charge in [-0.2, -0.15) is 0 Å². The first-order chi connectivity index (χ1) is 9.99. The molecule has 0 fully saturated rings. The van der Waals surface area contributed by atoms with Gasteiger partial charge in [0.05, 0.1) is 5.25 Å². The number of hydrogen-bond donors (Lipinski definition) is 2. The summed E-state index contributed by atoms with van der Waals surface area (Å²) < 4.78 is 1.77. The van der Waals surface area contributed by atoms with Gasteiger partial charge in [-0.15, -0.1) is 10.2 Å². The number of nitrogens with zero attached hydrogens (tertiary/aromatic N) is 4. The highest BCUT2D eigenvalue weighted by Crippen LogP contribution is 2.25. The summed E-state index contributed by atoms with van der Waals surface area (Å²) in [5, 5.41) is 10.2. The van der Waals surface area contributed by atoms with Crippen LogP contribution in [0.4, 0.5) is 4.79 Å². The Hall–Kier alpha value is -2.42. The molecule has 2 aromatic heterocycles. The largest absolute Gasteiger partial charge is 0.351 e. The average molecular weight is 306 g/mol. The Bertz CT molecular complexity index is 657. The SMILES string of the molecule is CC(Sc1nnc(-c2ccncc2)n1C)C(=O)NC(N)=O. The molecule has 1 unspecified atom stereocenters. The van der Waals surface area contributed by atoms with Crippen molar-refractivity contribution in [2.24, 2.45) is 12.8 Å². The van der Waals surface area contributed by atoms with Crippen LogP contribution in [0.25, 0.3) is 11.4 Å². The maximum atomic E-state index is 11.6. The van der Waals surface area contributed by atoms with Gasteiger partial charge in [0.15, 0.2) is 11.0 Å². The summed E-state index contributed by atoms with van der Waals surface area (Å²) in [4.78, 5) is 26.3. The Morgan fingerprint density at radius 2 is 2.00 bits per heavy atom. The number of aromatic nitrogens is 4. The van der Waals surface area contributed by atoms with E-state index in [2.05, 4.69) is 15.2 Å². The second kappa shape index (κ2) is 6.35. The van der Waals surface area contributed by atoms with E-state index in [1.54, 1.807) is 30.9 Å².